The van der Waals surface area contributed by atoms with Crippen LogP contribution in [-0.2, 0) is 13.2 Å². The second-order valence-electron chi connectivity index (χ2n) is 5.69. The average Bonchev–Trinajstić information content (AvgIpc) is 2.95. The van der Waals surface area contributed by atoms with E-state index in [1.165, 1.54) is 6.39 Å². The predicted octanol–water partition coefficient (Wildman–Crippen LogP) is 2.55. The van der Waals surface area contributed by atoms with Crippen LogP contribution in [0.15, 0.2) is 29.1 Å². The van der Waals surface area contributed by atoms with Crippen LogP contribution in [0.3, 0.4) is 0 Å². The largest absolute Gasteiger partial charge is 0.493 e. The molecule has 0 spiro atoms. The predicted molar refractivity (Wildman–Crippen MR) is 78.2 cm³/mol. The Kier molecular flexibility index (Phi) is 4.80. The Morgan fingerprint density at radius 2 is 2.10 bits per heavy atom. The van der Waals surface area contributed by atoms with Gasteiger partial charge in [0.1, 0.15) is 0 Å². The van der Waals surface area contributed by atoms with Crippen molar-refractivity contribution in [3.05, 3.63) is 36.0 Å². The highest BCUT2D eigenvalue weighted by atomic mass is 16.5. The molecule has 0 fully saturated rings. The molecule has 2 aromatic rings. The van der Waals surface area contributed by atoms with Gasteiger partial charge < -0.3 is 19.3 Å². The maximum absolute atomic E-state index is 5.82. The van der Waals surface area contributed by atoms with Crippen molar-refractivity contribution in [1.29, 1.82) is 0 Å². The minimum Gasteiger partial charge on any atom is -0.493 e. The molecule has 0 aliphatic heterocycles. The Labute approximate surface area is 124 Å². The van der Waals surface area contributed by atoms with E-state index < -0.39 is 0 Å². The Morgan fingerprint density at radius 1 is 1.29 bits per heavy atom. The van der Waals surface area contributed by atoms with Crippen LogP contribution in [0.5, 0.6) is 11.5 Å². The first kappa shape index (κ1) is 15.3. The first-order valence-corrected chi connectivity index (χ1v) is 6.78. The van der Waals surface area contributed by atoms with Gasteiger partial charge in [-0.15, -0.1) is 0 Å². The number of nitrogens with one attached hydrogen (secondary N) is 1. The molecule has 6 heteroatoms. The van der Waals surface area contributed by atoms with Crippen LogP contribution in [0.2, 0.25) is 0 Å². The van der Waals surface area contributed by atoms with E-state index in [2.05, 4.69) is 36.2 Å². The summed E-state index contributed by atoms with van der Waals surface area (Å²) in [5.41, 5.74) is 1.04. The lowest BCUT2D eigenvalue weighted by molar-refractivity contribution is 0.265. The van der Waals surface area contributed by atoms with Gasteiger partial charge in [0.05, 0.1) is 7.11 Å². The summed E-state index contributed by atoms with van der Waals surface area (Å²) in [5, 5.41) is 7.17. The van der Waals surface area contributed by atoms with Crippen molar-refractivity contribution < 1.29 is 14.0 Å². The Hall–Kier alpha value is -2.08. The van der Waals surface area contributed by atoms with Crippen molar-refractivity contribution in [2.45, 2.75) is 39.5 Å². The minimum atomic E-state index is 0.0218. The van der Waals surface area contributed by atoms with E-state index >= 15 is 0 Å². The van der Waals surface area contributed by atoms with Crippen molar-refractivity contribution in [2.24, 2.45) is 0 Å². The first-order chi connectivity index (χ1) is 9.99. The van der Waals surface area contributed by atoms with Crippen molar-refractivity contribution in [3.8, 4) is 11.5 Å². The fourth-order valence-electron chi connectivity index (χ4n) is 1.78. The maximum Gasteiger partial charge on any atom is 0.213 e. The molecule has 1 aromatic carbocycles. The molecule has 0 bridgehead atoms. The van der Waals surface area contributed by atoms with E-state index in [4.69, 9.17) is 14.0 Å². The Morgan fingerprint density at radius 3 is 2.71 bits per heavy atom. The van der Waals surface area contributed by atoms with Crippen LogP contribution >= 0.6 is 0 Å². The third-order valence-electron chi connectivity index (χ3n) is 2.84. The second kappa shape index (κ2) is 6.58. The topological polar surface area (TPSA) is 69.4 Å². The fraction of sp³-hybridized carbons (Fsp3) is 0.467. The molecule has 0 saturated carbocycles. The third kappa shape index (κ3) is 4.46. The molecule has 0 amide bonds. The van der Waals surface area contributed by atoms with Crippen LogP contribution in [-0.4, -0.2) is 22.8 Å². The van der Waals surface area contributed by atoms with Crippen LogP contribution in [0, 0.1) is 0 Å². The van der Waals surface area contributed by atoms with E-state index in [0.29, 0.717) is 23.9 Å². The van der Waals surface area contributed by atoms with Crippen LogP contribution in [0.1, 0.15) is 32.2 Å². The molecule has 0 saturated heterocycles. The lowest BCUT2D eigenvalue weighted by Gasteiger charge is -2.22. The highest BCUT2D eigenvalue weighted by Gasteiger charge is 2.15. The molecule has 6 nitrogen and oxygen atoms in total. The Bertz CT molecular complexity index is 562. The number of hydrogen-bond acceptors (Lipinski definition) is 6. The monoisotopic (exact) mass is 291 g/mol. The van der Waals surface area contributed by atoms with Gasteiger partial charge >= 0.3 is 0 Å². The molecule has 1 N–H and O–H groups in total. The van der Waals surface area contributed by atoms with Crippen molar-refractivity contribution in [3.63, 3.8) is 0 Å². The number of hydrogen-bond donors (Lipinski definition) is 1. The zero-order chi connectivity index (χ0) is 15.3. The Balaban J connectivity index is 2.15. The molecule has 2 rings (SSSR count). The molecular weight excluding hydrogens is 270 g/mol. The summed E-state index contributed by atoms with van der Waals surface area (Å²) in [6, 6.07) is 5.82. The molecule has 0 aliphatic rings. The van der Waals surface area contributed by atoms with Crippen LogP contribution in [0.25, 0.3) is 0 Å². The van der Waals surface area contributed by atoms with Gasteiger partial charge in [-0.05, 0) is 26.8 Å². The van der Waals surface area contributed by atoms with Gasteiger partial charge in [-0.3, -0.25) is 0 Å². The number of nitrogens with zero attached hydrogens (tertiary/aromatic N) is 2. The van der Waals surface area contributed by atoms with Gasteiger partial charge in [-0.1, -0.05) is 17.3 Å². The van der Waals surface area contributed by atoms with Gasteiger partial charge in [0.15, 0.2) is 18.1 Å². The molecule has 1 heterocycles. The van der Waals surface area contributed by atoms with Crippen molar-refractivity contribution >= 4 is 0 Å². The summed E-state index contributed by atoms with van der Waals surface area (Å²) in [4.78, 5) is 3.94. The number of methoxy groups -OCH3 is 1. The molecule has 0 unspecified atom stereocenters. The lowest BCUT2D eigenvalue weighted by atomic mass is 10.1. The van der Waals surface area contributed by atoms with E-state index in [9.17, 15) is 0 Å². The highest BCUT2D eigenvalue weighted by Crippen LogP contribution is 2.31. The number of rotatable bonds is 6. The summed E-state index contributed by atoms with van der Waals surface area (Å²) in [5.74, 6) is 1.88. The zero-order valence-corrected chi connectivity index (χ0v) is 12.8. The SMILES string of the molecule is COc1cccc(CNC(C)(C)C)c1OCc1ncon1. The summed E-state index contributed by atoms with van der Waals surface area (Å²) in [6.07, 6.45) is 1.28. The summed E-state index contributed by atoms with van der Waals surface area (Å²) in [6.45, 7) is 7.27. The van der Waals surface area contributed by atoms with Crippen molar-refractivity contribution in [2.75, 3.05) is 7.11 Å². The van der Waals surface area contributed by atoms with E-state index in [-0.39, 0.29) is 12.1 Å². The minimum absolute atomic E-state index is 0.0218. The molecule has 0 atom stereocenters. The molecule has 0 radical (unpaired) electrons. The smallest absolute Gasteiger partial charge is 0.213 e. The van der Waals surface area contributed by atoms with Crippen LogP contribution in [0.4, 0.5) is 0 Å². The summed E-state index contributed by atoms with van der Waals surface area (Å²) < 4.78 is 15.9. The first-order valence-electron chi connectivity index (χ1n) is 6.78. The second-order valence-corrected chi connectivity index (χ2v) is 5.69. The summed E-state index contributed by atoms with van der Waals surface area (Å²) >= 11 is 0. The number of benzene rings is 1. The van der Waals surface area contributed by atoms with E-state index in [0.717, 1.165) is 5.56 Å². The molecule has 114 valence electrons. The van der Waals surface area contributed by atoms with Gasteiger partial charge in [0, 0.05) is 17.6 Å². The maximum atomic E-state index is 5.82. The van der Waals surface area contributed by atoms with E-state index in [1.54, 1.807) is 7.11 Å². The fourth-order valence-corrected chi connectivity index (χ4v) is 1.78. The quantitative estimate of drug-likeness (QED) is 0.882. The molecular formula is C15H21N3O3. The van der Waals surface area contributed by atoms with Gasteiger partial charge in [0.2, 0.25) is 12.2 Å². The highest BCUT2D eigenvalue weighted by molar-refractivity contribution is 5.46. The van der Waals surface area contributed by atoms with Gasteiger partial charge in [-0.25, -0.2) is 0 Å². The van der Waals surface area contributed by atoms with Crippen LogP contribution < -0.4 is 14.8 Å². The number of aromatic nitrogens is 2. The van der Waals surface area contributed by atoms with Gasteiger partial charge in [-0.2, -0.15) is 4.98 Å². The average molecular weight is 291 g/mol. The molecule has 0 aliphatic carbocycles. The van der Waals surface area contributed by atoms with Gasteiger partial charge in [0.25, 0.3) is 0 Å². The molecule has 1 aromatic heterocycles. The third-order valence-corrected chi connectivity index (χ3v) is 2.84. The lowest BCUT2D eigenvalue weighted by Crippen LogP contribution is -2.35. The number of para-hydroxylation sites is 1. The van der Waals surface area contributed by atoms with E-state index in [1.807, 2.05) is 18.2 Å². The molecule has 21 heavy (non-hydrogen) atoms. The summed E-state index contributed by atoms with van der Waals surface area (Å²) in [7, 11) is 1.62. The standard InChI is InChI=1S/C15H21N3O3/c1-15(2,3)17-8-11-6-5-7-12(19-4)14(11)20-9-13-16-10-21-18-13/h5-7,10,17H,8-9H2,1-4H3. The zero-order valence-electron chi connectivity index (χ0n) is 12.8. The normalized spacial score (nSPS) is 11.4. The van der Waals surface area contributed by atoms with Crippen molar-refractivity contribution in [1.82, 2.24) is 15.5 Å². The number of ether oxygens (including phenoxy) is 2.